The Bertz CT molecular complexity index is 1520. The first-order chi connectivity index (χ1) is 17.3. The Balaban J connectivity index is 1.98. The van der Waals surface area contributed by atoms with Gasteiger partial charge in [0.25, 0.3) is 5.56 Å². The third-order valence-corrected chi connectivity index (χ3v) is 8.19. The van der Waals surface area contributed by atoms with Crippen LogP contribution in [-0.4, -0.2) is 35.9 Å². The Morgan fingerprint density at radius 3 is 2.25 bits per heavy atom. The molecule has 0 saturated carbocycles. The Morgan fingerprint density at radius 2 is 1.56 bits per heavy atom. The summed E-state index contributed by atoms with van der Waals surface area (Å²) in [6.07, 6.45) is 0.656. The highest BCUT2D eigenvalue weighted by Gasteiger charge is 2.33. The SMILES string of the molecule is COc1ccccc1-n1c(C(C)N(CCC(C)C)S(=O)(=O)c2ccccc2)nc2ccccc2c1=O. The molecule has 8 heteroatoms. The zero-order valence-corrected chi connectivity index (χ0v) is 21.8. The lowest BCUT2D eigenvalue weighted by atomic mass is 10.1. The van der Waals surface area contributed by atoms with Gasteiger partial charge in [0, 0.05) is 6.54 Å². The van der Waals surface area contributed by atoms with Gasteiger partial charge in [0.2, 0.25) is 10.0 Å². The van der Waals surface area contributed by atoms with Crippen LogP contribution in [-0.2, 0) is 10.0 Å². The molecule has 36 heavy (non-hydrogen) atoms. The molecule has 0 bridgehead atoms. The molecule has 0 N–H and O–H groups in total. The van der Waals surface area contributed by atoms with Gasteiger partial charge in [-0.2, -0.15) is 4.31 Å². The van der Waals surface area contributed by atoms with E-state index < -0.39 is 16.1 Å². The van der Waals surface area contributed by atoms with Gasteiger partial charge >= 0.3 is 0 Å². The fourth-order valence-corrected chi connectivity index (χ4v) is 5.87. The molecule has 3 aromatic carbocycles. The van der Waals surface area contributed by atoms with Gasteiger partial charge in [-0.15, -0.1) is 0 Å². The van der Waals surface area contributed by atoms with Gasteiger partial charge in [0.05, 0.1) is 34.6 Å². The molecular formula is C28H31N3O4S. The maximum absolute atomic E-state index is 13.9. The molecule has 0 spiro atoms. The minimum atomic E-state index is -3.88. The molecule has 0 aliphatic carbocycles. The molecule has 4 aromatic rings. The van der Waals surface area contributed by atoms with E-state index in [1.165, 1.54) is 16.0 Å². The predicted molar refractivity (Wildman–Crippen MR) is 142 cm³/mol. The van der Waals surface area contributed by atoms with Crippen molar-refractivity contribution in [1.82, 2.24) is 13.9 Å². The minimum absolute atomic E-state index is 0.201. The lowest BCUT2D eigenvalue weighted by Gasteiger charge is -2.30. The van der Waals surface area contributed by atoms with Crippen molar-refractivity contribution in [3.8, 4) is 11.4 Å². The number of aromatic nitrogens is 2. The number of methoxy groups -OCH3 is 1. The van der Waals surface area contributed by atoms with E-state index in [2.05, 4.69) is 13.8 Å². The van der Waals surface area contributed by atoms with E-state index in [1.807, 2.05) is 18.2 Å². The summed E-state index contributed by atoms with van der Waals surface area (Å²) in [7, 11) is -2.34. The van der Waals surface area contributed by atoms with Crippen LogP contribution < -0.4 is 10.3 Å². The second-order valence-electron chi connectivity index (χ2n) is 9.09. The molecule has 1 atom stereocenters. The fraction of sp³-hybridized carbons (Fsp3) is 0.286. The maximum Gasteiger partial charge on any atom is 0.266 e. The molecule has 0 aliphatic heterocycles. The highest BCUT2D eigenvalue weighted by atomic mass is 32.2. The standard InChI is InChI=1S/C28H31N3O4S/c1-20(2)18-19-30(36(33,34)22-12-6-5-7-13-22)21(3)27-29-24-15-9-8-14-23(24)28(32)31(27)25-16-10-11-17-26(25)35-4/h5-17,20-21H,18-19H2,1-4H3. The van der Waals surface area contributed by atoms with Crippen molar-refractivity contribution in [2.75, 3.05) is 13.7 Å². The lowest BCUT2D eigenvalue weighted by Crippen LogP contribution is -2.38. The Morgan fingerprint density at radius 1 is 0.917 bits per heavy atom. The molecule has 0 amide bonds. The number of para-hydroxylation sites is 3. The van der Waals surface area contributed by atoms with Crippen molar-refractivity contribution in [2.45, 2.75) is 38.1 Å². The van der Waals surface area contributed by atoms with Gasteiger partial charge in [-0.1, -0.05) is 56.3 Å². The molecule has 4 rings (SSSR count). The molecule has 0 saturated heterocycles. The first kappa shape index (κ1) is 25.6. The van der Waals surface area contributed by atoms with Crippen molar-refractivity contribution >= 4 is 20.9 Å². The molecule has 1 aromatic heterocycles. The van der Waals surface area contributed by atoms with Gasteiger partial charge in [-0.25, -0.2) is 13.4 Å². The van der Waals surface area contributed by atoms with E-state index in [4.69, 9.17) is 9.72 Å². The minimum Gasteiger partial charge on any atom is -0.495 e. The first-order valence-corrected chi connectivity index (χ1v) is 13.4. The number of rotatable bonds is 9. The van der Waals surface area contributed by atoms with Crippen molar-refractivity contribution in [3.05, 3.63) is 95.0 Å². The van der Waals surface area contributed by atoms with Crippen LogP contribution in [0.5, 0.6) is 5.75 Å². The van der Waals surface area contributed by atoms with E-state index in [9.17, 15) is 13.2 Å². The van der Waals surface area contributed by atoms with Crippen molar-refractivity contribution in [3.63, 3.8) is 0 Å². The van der Waals surface area contributed by atoms with Crippen molar-refractivity contribution < 1.29 is 13.2 Å². The summed E-state index contributed by atoms with van der Waals surface area (Å²) in [5, 5.41) is 0.444. The molecular weight excluding hydrogens is 474 g/mol. The average molecular weight is 506 g/mol. The van der Waals surface area contributed by atoms with E-state index in [0.717, 1.165) is 0 Å². The highest BCUT2D eigenvalue weighted by molar-refractivity contribution is 7.89. The number of hydrogen-bond acceptors (Lipinski definition) is 5. The number of fused-ring (bicyclic) bond motifs is 1. The van der Waals surface area contributed by atoms with Gasteiger partial charge in [0.15, 0.2) is 0 Å². The average Bonchev–Trinajstić information content (AvgIpc) is 2.89. The topological polar surface area (TPSA) is 81.5 Å². The number of nitrogens with zero attached hydrogens (tertiary/aromatic N) is 3. The molecule has 7 nitrogen and oxygen atoms in total. The van der Waals surface area contributed by atoms with Crippen LogP contribution >= 0.6 is 0 Å². The third-order valence-electron chi connectivity index (χ3n) is 6.21. The summed E-state index contributed by atoms with van der Waals surface area (Å²) in [4.78, 5) is 18.9. The summed E-state index contributed by atoms with van der Waals surface area (Å²) in [6, 6.07) is 21.9. The summed E-state index contributed by atoms with van der Waals surface area (Å²) < 4.78 is 36.2. The number of benzene rings is 3. The molecule has 0 radical (unpaired) electrons. The molecule has 188 valence electrons. The fourth-order valence-electron chi connectivity index (χ4n) is 4.24. The van der Waals surface area contributed by atoms with Crippen molar-refractivity contribution in [2.24, 2.45) is 5.92 Å². The van der Waals surface area contributed by atoms with Gasteiger partial charge in [-0.3, -0.25) is 9.36 Å². The van der Waals surface area contributed by atoms with Crippen LogP contribution in [0.25, 0.3) is 16.6 Å². The zero-order chi connectivity index (χ0) is 25.9. The summed E-state index contributed by atoms with van der Waals surface area (Å²) in [6.45, 7) is 6.17. The van der Waals surface area contributed by atoms with Crippen LogP contribution in [0, 0.1) is 5.92 Å². The quantitative estimate of drug-likeness (QED) is 0.313. The lowest BCUT2D eigenvalue weighted by molar-refractivity contribution is 0.308. The van der Waals surface area contributed by atoms with Crippen LogP contribution in [0.3, 0.4) is 0 Å². The van der Waals surface area contributed by atoms with E-state index in [0.29, 0.717) is 34.6 Å². The van der Waals surface area contributed by atoms with Gasteiger partial charge in [-0.05, 0) is 55.7 Å². The van der Waals surface area contributed by atoms with Crippen LogP contribution in [0.15, 0.2) is 88.6 Å². The van der Waals surface area contributed by atoms with E-state index in [1.54, 1.807) is 67.6 Å². The van der Waals surface area contributed by atoms with Gasteiger partial charge in [0.1, 0.15) is 11.6 Å². The second-order valence-corrected chi connectivity index (χ2v) is 11.0. The summed E-state index contributed by atoms with van der Waals surface area (Å²) in [5.41, 5.74) is 0.732. The monoisotopic (exact) mass is 505 g/mol. The molecule has 0 fully saturated rings. The van der Waals surface area contributed by atoms with Gasteiger partial charge < -0.3 is 4.74 Å². The predicted octanol–water partition coefficient (Wildman–Crippen LogP) is 5.19. The third kappa shape index (κ3) is 4.92. The highest BCUT2D eigenvalue weighted by Crippen LogP contribution is 2.31. The normalized spacial score (nSPS) is 12.8. The zero-order valence-electron chi connectivity index (χ0n) is 21.0. The number of hydrogen-bond donors (Lipinski definition) is 0. The van der Waals surface area contributed by atoms with Crippen LogP contribution in [0.4, 0.5) is 0 Å². The summed E-state index contributed by atoms with van der Waals surface area (Å²) in [5.74, 6) is 1.10. The smallest absolute Gasteiger partial charge is 0.266 e. The summed E-state index contributed by atoms with van der Waals surface area (Å²) >= 11 is 0. The van der Waals surface area contributed by atoms with E-state index in [-0.39, 0.29) is 22.9 Å². The molecule has 0 aliphatic rings. The Kier molecular flexibility index (Phi) is 7.56. The largest absolute Gasteiger partial charge is 0.495 e. The Hall–Kier alpha value is -3.49. The molecule has 1 unspecified atom stereocenters. The second kappa shape index (κ2) is 10.6. The Labute approximate surface area is 212 Å². The number of sulfonamides is 1. The maximum atomic E-state index is 13.9. The first-order valence-electron chi connectivity index (χ1n) is 12.0. The molecule has 1 heterocycles. The van der Waals surface area contributed by atoms with Crippen molar-refractivity contribution in [1.29, 1.82) is 0 Å². The van der Waals surface area contributed by atoms with E-state index >= 15 is 0 Å². The number of ether oxygens (including phenoxy) is 1. The van der Waals surface area contributed by atoms with Crippen LogP contribution in [0.1, 0.15) is 39.1 Å². The van der Waals surface area contributed by atoms with Crippen LogP contribution in [0.2, 0.25) is 0 Å².